The summed E-state index contributed by atoms with van der Waals surface area (Å²) in [7, 11) is 1.73. The molecule has 24 heavy (non-hydrogen) atoms. The minimum absolute atomic E-state index is 0.232. The highest BCUT2D eigenvalue weighted by Crippen LogP contribution is 2.12. The van der Waals surface area contributed by atoms with Gasteiger partial charge in [-0.25, -0.2) is 0 Å². The average molecular weight is 324 g/mol. The number of aryl methyl sites for hydroxylation is 1. The standard InChI is InChI=1S/C16H16N6O2/c1-22-14-13(10-19-22)15(23)21-16(20-14)18-8-9-24-12-4-2-11(3-5-12)6-7-17/h2-5,10H,6,8-9H2,1H3,(H2,18,20,21,23). The van der Waals surface area contributed by atoms with E-state index < -0.39 is 0 Å². The maximum Gasteiger partial charge on any atom is 0.263 e. The topological polar surface area (TPSA) is 109 Å². The van der Waals surface area contributed by atoms with Crippen LogP contribution in [-0.4, -0.2) is 32.9 Å². The fourth-order valence-electron chi connectivity index (χ4n) is 2.25. The van der Waals surface area contributed by atoms with Crippen LogP contribution in [0.2, 0.25) is 0 Å². The summed E-state index contributed by atoms with van der Waals surface area (Å²) < 4.78 is 7.16. The molecular weight excluding hydrogens is 308 g/mol. The summed E-state index contributed by atoms with van der Waals surface area (Å²) in [6.07, 6.45) is 1.88. The first-order chi connectivity index (χ1) is 11.7. The van der Waals surface area contributed by atoms with Gasteiger partial charge in [0.1, 0.15) is 17.7 Å². The Kier molecular flexibility index (Phi) is 4.43. The van der Waals surface area contributed by atoms with Crippen molar-refractivity contribution in [3.63, 3.8) is 0 Å². The second kappa shape index (κ2) is 6.83. The van der Waals surface area contributed by atoms with Gasteiger partial charge < -0.3 is 10.1 Å². The summed E-state index contributed by atoms with van der Waals surface area (Å²) in [6.45, 7) is 0.886. The average Bonchev–Trinajstić information content (AvgIpc) is 2.95. The summed E-state index contributed by atoms with van der Waals surface area (Å²) >= 11 is 0. The molecule has 0 spiro atoms. The zero-order valence-electron chi connectivity index (χ0n) is 13.1. The molecule has 3 rings (SSSR count). The predicted molar refractivity (Wildman–Crippen MR) is 88.9 cm³/mol. The van der Waals surface area contributed by atoms with Crippen LogP contribution in [0.25, 0.3) is 11.0 Å². The molecule has 0 aliphatic heterocycles. The highest BCUT2D eigenvalue weighted by Gasteiger charge is 2.07. The zero-order chi connectivity index (χ0) is 16.9. The predicted octanol–water partition coefficient (Wildman–Crippen LogP) is 1.21. The van der Waals surface area contributed by atoms with Crippen LogP contribution < -0.4 is 15.6 Å². The van der Waals surface area contributed by atoms with Crippen LogP contribution in [0.4, 0.5) is 5.95 Å². The van der Waals surface area contributed by atoms with Crippen molar-refractivity contribution >= 4 is 17.0 Å². The number of H-pyrrole nitrogens is 1. The third-order valence-electron chi connectivity index (χ3n) is 3.47. The first kappa shape index (κ1) is 15.6. The van der Waals surface area contributed by atoms with Gasteiger partial charge in [-0.05, 0) is 17.7 Å². The Morgan fingerprint density at radius 2 is 2.17 bits per heavy atom. The van der Waals surface area contributed by atoms with Gasteiger partial charge in [-0.15, -0.1) is 0 Å². The van der Waals surface area contributed by atoms with Crippen LogP contribution in [0, 0.1) is 11.3 Å². The molecule has 0 fully saturated rings. The van der Waals surface area contributed by atoms with Gasteiger partial charge in [-0.1, -0.05) is 12.1 Å². The normalized spacial score (nSPS) is 10.5. The Morgan fingerprint density at radius 1 is 1.38 bits per heavy atom. The third-order valence-corrected chi connectivity index (χ3v) is 3.47. The second-order valence-electron chi connectivity index (χ2n) is 5.17. The van der Waals surface area contributed by atoms with Gasteiger partial charge >= 0.3 is 0 Å². The molecule has 0 saturated heterocycles. The molecule has 8 nitrogen and oxygen atoms in total. The van der Waals surface area contributed by atoms with Crippen LogP contribution in [-0.2, 0) is 13.5 Å². The number of nitrogens with zero attached hydrogens (tertiary/aromatic N) is 4. The van der Waals surface area contributed by atoms with Crippen molar-refractivity contribution in [2.75, 3.05) is 18.5 Å². The SMILES string of the molecule is Cn1ncc2c(=O)[nH]c(NCCOc3ccc(CC#N)cc3)nc21. The molecule has 0 radical (unpaired) electrons. The quantitative estimate of drug-likeness (QED) is 0.660. The minimum atomic E-state index is -0.232. The van der Waals surface area contributed by atoms with Gasteiger partial charge in [0.05, 0.1) is 25.2 Å². The van der Waals surface area contributed by atoms with Crippen LogP contribution in [0.3, 0.4) is 0 Å². The number of nitrogens with one attached hydrogen (secondary N) is 2. The number of anilines is 1. The highest BCUT2D eigenvalue weighted by molar-refractivity contribution is 5.74. The Hall–Kier alpha value is -3.34. The second-order valence-corrected chi connectivity index (χ2v) is 5.17. The van der Waals surface area contributed by atoms with E-state index in [0.29, 0.717) is 36.6 Å². The van der Waals surface area contributed by atoms with Crippen LogP contribution in [0.15, 0.2) is 35.3 Å². The highest BCUT2D eigenvalue weighted by atomic mass is 16.5. The smallest absolute Gasteiger partial charge is 0.263 e. The number of benzene rings is 1. The van der Waals surface area contributed by atoms with E-state index in [-0.39, 0.29) is 5.56 Å². The van der Waals surface area contributed by atoms with E-state index in [1.165, 1.54) is 6.20 Å². The Bertz CT molecular complexity index is 936. The maximum atomic E-state index is 11.9. The zero-order valence-corrected chi connectivity index (χ0v) is 13.1. The number of ether oxygens (including phenoxy) is 1. The number of hydrogen-bond donors (Lipinski definition) is 2. The number of nitriles is 1. The molecule has 8 heteroatoms. The van der Waals surface area contributed by atoms with E-state index in [0.717, 1.165) is 11.3 Å². The molecule has 2 heterocycles. The van der Waals surface area contributed by atoms with E-state index in [2.05, 4.69) is 26.5 Å². The van der Waals surface area contributed by atoms with Crippen LogP contribution in [0.1, 0.15) is 5.56 Å². The summed E-state index contributed by atoms with van der Waals surface area (Å²) in [6, 6.07) is 9.48. The van der Waals surface area contributed by atoms with Crippen molar-refractivity contribution in [1.82, 2.24) is 19.7 Å². The lowest BCUT2D eigenvalue weighted by Crippen LogP contribution is -2.17. The molecule has 0 saturated carbocycles. The van der Waals surface area contributed by atoms with Crippen molar-refractivity contribution in [3.8, 4) is 11.8 Å². The minimum Gasteiger partial charge on any atom is -0.492 e. The van der Waals surface area contributed by atoms with Crippen molar-refractivity contribution in [1.29, 1.82) is 5.26 Å². The van der Waals surface area contributed by atoms with Gasteiger partial charge in [0.15, 0.2) is 5.65 Å². The lowest BCUT2D eigenvalue weighted by atomic mass is 10.2. The first-order valence-corrected chi connectivity index (χ1v) is 7.42. The molecule has 122 valence electrons. The molecule has 0 aliphatic rings. The maximum absolute atomic E-state index is 11.9. The molecule has 3 aromatic rings. The van der Waals surface area contributed by atoms with Crippen molar-refractivity contribution in [2.24, 2.45) is 7.05 Å². The van der Waals surface area contributed by atoms with Crippen molar-refractivity contribution in [3.05, 3.63) is 46.4 Å². The number of aromatic amines is 1. The molecule has 0 amide bonds. The van der Waals surface area contributed by atoms with E-state index >= 15 is 0 Å². The van der Waals surface area contributed by atoms with Crippen molar-refractivity contribution in [2.45, 2.75) is 6.42 Å². The van der Waals surface area contributed by atoms with Gasteiger partial charge in [0, 0.05) is 7.05 Å². The molecule has 0 atom stereocenters. The van der Waals surface area contributed by atoms with E-state index in [1.807, 2.05) is 24.3 Å². The number of rotatable bonds is 6. The van der Waals surface area contributed by atoms with E-state index in [4.69, 9.17) is 10.00 Å². The number of hydrogen-bond acceptors (Lipinski definition) is 6. The summed E-state index contributed by atoms with van der Waals surface area (Å²) in [5.41, 5.74) is 1.24. The van der Waals surface area contributed by atoms with Crippen LogP contribution >= 0.6 is 0 Å². The molecule has 0 aliphatic carbocycles. The number of fused-ring (bicyclic) bond motifs is 1. The fourth-order valence-corrected chi connectivity index (χ4v) is 2.25. The molecule has 2 aromatic heterocycles. The Labute approximate surface area is 137 Å². The monoisotopic (exact) mass is 324 g/mol. The largest absolute Gasteiger partial charge is 0.492 e. The fraction of sp³-hybridized carbons (Fsp3) is 0.250. The Balaban J connectivity index is 1.56. The Morgan fingerprint density at radius 3 is 2.92 bits per heavy atom. The van der Waals surface area contributed by atoms with E-state index in [9.17, 15) is 4.79 Å². The van der Waals surface area contributed by atoms with E-state index in [1.54, 1.807) is 11.7 Å². The third kappa shape index (κ3) is 3.35. The molecule has 0 unspecified atom stereocenters. The number of aromatic nitrogens is 4. The molecule has 2 N–H and O–H groups in total. The lowest BCUT2D eigenvalue weighted by Gasteiger charge is -2.08. The van der Waals surface area contributed by atoms with Gasteiger partial charge in [-0.2, -0.15) is 15.3 Å². The molecular formula is C16H16N6O2. The molecule has 1 aromatic carbocycles. The van der Waals surface area contributed by atoms with Crippen molar-refractivity contribution < 1.29 is 4.74 Å². The summed E-state index contributed by atoms with van der Waals surface area (Å²) in [5.74, 6) is 1.10. The molecule has 0 bridgehead atoms. The lowest BCUT2D eigenvalue weighted by molar-refractivity contribution is 0.332. The van der Waals surface area contributed by atoms with Crippen LogP contribution in [0.5, 0.6) is 5.75 Å². The van der Waals surface area contributed by atoms with Gasteiger partial charge in [0.2, 0.25) is 5.95 Å². The van der Waals surface area contributed by atoms with Gasteiger partial charge in [0.25, 0.3) is 5.56 Å². The summed E-state index contributed by atoms with van der Waals surface area (Å²) in [4.78, 5) is 18.9. The first-order valence-electron chi connectivity index (χ1n) is 7.42. The summed E-state index contributed by atoms with van der Waals surface area (Å²) in [5, 5.41) is 16.1. The van der Waals surface area contributed by atoms with Gasteiger partial charge in [-0.3, -0.25) is 14.5 Å².